The maximum Gasteiger partial charge on any atom is 0.475 e. The van der Waals surface area contributed by atoms with Crippen molar-refractivity contribution in [1.82, 2.24) is 19.5 Å². The normalized spacial score (nSPS) is 29.8. The molecule has 0 aliphatic carbocycles. The predicted molar refractivity (Wildman–Crippen MR) is 116 cm³/mol. The molecule has 2 saturated heterocycles. The van der Waals surface area contributed by atoms with Crippen molar-refractivity contribution >= 4 is 30.9 Å². The van der Waals surface area contributed by atoms with Crippen LogP contribution in [0.1, 0.15) is 33.4 Å². The van der Waals surface area contributed by atoms with Crippen molar-refractivity contribution in [3.05, 3.63) is 6.33 Å². The summed E-state index contributed by atoms with van der Waals surface area (Å²) < 4.78 is 46.8. The third kappa shape index (κ3) is 4.88. The third-order valence-electron chi connectivity index (χ3n) is 5.39. The number of fused-ring (bicyclic) bond motifs is 2. The Labute approximate surface area is 195 Å². The van der Waals surface area contributed by atoms with Gasteiger partial charge in [-0.05, 0) is 20.3 Å². The highest BCUT2D eigenvalue weighted by molar-refractivity contribution is 7.48. The number of rotatable bonds is 8. The second kappa shape index (κ2) is 9.72. The molecule has 0 aromatic carbocycles. The smallest absolute Gasteiger partial charge is 0.475 e. The number of carbonyl (C=O) groups excluding carboxylic acids is 1. The SMILES string of the molecule is COc1nc(N)nc2c1ncn2[C@@H]1O[C@@H]2CO[P@](=O)(OCC[C@@H](C)C(=O)OC(C)C)O[C@H]2[C@@H]1O. The Hall–Kier alpha value is -2.35. The van der Waals surface area contributed by atoms with Gasteiger partial charge in [0.2, 0.25) is 11.8 Å². The van der Waals surface area contributed by atoms with Crippen LogP contribution < -0.4 is 10.5 Å². The molecule has 0 unspecified atom stereocenters. The van der Waals surface area contributed by atoms with Crippen LogP contribution in [0, 0.1) is 5.92 Å². The van der Waals surface area contributed by atoms with Gasteiger partial charge in [0.15, 0.2) is 17.4 Å². The first-order valence-corrected chi connectivity index (χ1v) is 12.2. The van der Waals surface area contributed by atoms with E-state index in [1.54, 1.807) is 20.8 Å². The molecule has 2 aromatic heterocycles. The van der Waals surface area contributed by atoms with Gasteiger partial charge in [-0.3, -0.25) is 22.9 Å². The monoisotopic (exact) mass is 501 g/mol. The minimum absolute atomic E-state index is 0.0417. The summed E-state index contributed by atoms with van der Waals surface area (Å²) in [5, 5.41) is 10.9. The van der Waals surface area contributed by atoms with Crippen LogP contribution in [0.15, 0.2) is 6.33 Å². The van der Waals surface area contributed by atoms with Crippen molar-refractivity contribution in [3.8, 4) is 5.88 Å². The molecule has 0 bridgehead atoms. The molecule has 0 radical (unpaired) electrons. The molecule has 15 heteroatoms. The number of methoxy groups -OCH3 is 1. The lowest BCUT2D eigenvalue weighted by Crippen LogP contribution is -2.39. The molecule has 0 saturated carbocycles. The van der Waals surface area contributed by atoms with Crippen molar-refractivity contribution in [1.29, 1.82) is 0 Å². The predicted octanol–water partition coefficient (Wildman–Crippen LogP) is 1.19. The van der Waals surface area contributed by atoms with E-state index in [4.69, 9.17) is 33.5 Å². The van der Waals surface area contributed by atoms with Gasteiger partial charge in [-0.1, -0.05) is 6.92 Å². The first-order chi connectivity index (χ1) is 16.1. The molecule has 0 spiro atoms. The Morgan fingerprint density at radius 3 is 2.85 bits per heavy atom. The lowest BCUT2D eigenvalue weighted by Gasteiger charge is -2.30. The van der Waals surface area contributed by atoms with Crippen molar-refractivity contribution < 1.29 is 42.2 Å². The topological polar surface area (TPSA) is 179 Å². The van der Waals surface area contributed by atoms with E-state index in [9.17, 15) is 14.5 Å². The van der Waals surface area contributed by atoms with E-state index < -0.39 is 38.3 Å². The van der Waals surface area contributed by atoms with E-state index in [1.807, 2.05) is 0 Å². The third-order valence-corrected chi connectivity index (χ3v) is 6.85. The van der Waals surface area contributed by atoms with Crippen molar-refractivity contribution in [2.45, 2.75) is 57.8 Å². The Bertz CT molecular complexity index is 1100. The first-order valence-electron chi connectivity index (χ1n) is 10.8. The fourth-order valence-corrected chi connectivity index (χ4v) is 5.08. The summed E-state index contributed by atoms with van der Waals surface area (Å²) in [6, 6.07) is 0. The summed E-state index contributed by atoms with van der Waals surface area (Å²) in [5.74, 6) is -0.703. The van der Waals surface area contributed by atoms with Crippen molar-refractivity contribution in [3.63, 3.8) is 0 Å². The highest BCUT2D eigenvalue weighted by atomic mass is 31.2. The number of ether oxygens (including phenoxy) is 3. The molecule has 2 aromatic rings. The molecule has 3 N–H and O–H groups in total. The molecule has 2 fully saturated rings. The molecule has 34 heavy (non-hydrogen) atoms. The summed E-state index contributed by atoms with van der Waals surface area (Å²) in [4.78, 5) is 24.3. The van der Waals surface area contributed by atoms with E-state index in [2.05, 4.69) is 15.0 Å². The number of phosphoric ester groups is 1. The van der Waals surface area contributed by atoms with E-state index in [1.165, 1.54) is 18.0 Å². The Balaban J connectivity index is 1.42. The van der Waals surface area contributed by atoms with Gasteiger partial charge in [-0.25, -0.2) is 9.55 Å². The van der Waals surface area contributed by atoms with E-state index >= 15 is 0 Å². The van der Waals surface area contributed by atoms with Gasteiger partial charge in [0.05, 0.1) is 38.7 Å². The van der Waals surface area contributed by atoms with Crippen LogP contribution in [0.4, 0.5) is 5.95 Å². The zero-order valence-corrected chi connectivity index (χ0v) is 20.1. The number of nitrogens with zero attached hydrogens (tertiary/aromatic N) is 4. The number of aliphatic hydroxyl groups excluding tert-OH is 1. The molecule has 4 heterocycles. The van der Waals surface area contributed by atoms with Gasteiger partial charge in [-0.2, -0.15) is 9.97 Å². The van der Waals surface area contributed by atoms with Gasteiger partial charge in [0, 0.05) is 0 Å². The first kappa shape index (κ1) is 24.8. The van der Waals surface area contributed by atoms with E-state index in [0.717, 1.165) is 0 Å². The van der Waals surface area contributed by atoms with Crippen LogP contribution in [0.25, 0.3) is 11.2 Å². The minimum Gasteiger partial charge on any atom is -0.479 e. The van der Waals surface area contributed by atoms with Gasteiger partial charge in [0.1, 0.15) is 18.3 Å². The summed E-state index contributed by atoms with van der Waals surface area (Å²) in [6.45, 7) is 5.00. The zero-order valence-electron chi connectivity index (χ0n) is 19.2. The minimum atomic E-state index is -3.99. The molecule has 0 amide bonds. The Kier molecular flexibility index (Phi) is 7.08. The van der Waals surface area contributed by atoms with E-state index in [0.29, 0.717) is 5.52 Å². The van der Waals surface area contributed by atoms with Crippen molar-refractivity contribution in [2.75, 3.05) is 26.1 Å². The lowest BCUT2D eigenvalue weighted by molar-refractivity contribution is -0.152. The number of imidazole rings is 1. The van der Waals surface area contributed by atoms with Gasteiger partial charge >= 0.3 is 13.8 Å². The fourth-order valence-electron chi connectivity index (χ4n) is 3.67. The van der Waals surface area contributed by atoms with Crippen LogP contribution >= 0.6 is 7.82 Å². The highest BCUT2D eigenvalue weighted by Gasteiger charge is 2.53. The number of hydrogen-bond acceptors (Lipinski definition) is 13. The largest absolute Gasteiger partial charge is 0.479 e. The zero-order chi connectivity index (χ0) is 24.6. The van der Waals surface area contributed by atoms with Crippen LogP contribution in [0.5, 0.6) is 5.88 Å². The molecular formula is C19H28N5O9P. The van der Waals surface area contributed by atoms with E-state index in [-0.39, 0.29) is 49.2 Å². The number of esters is 1. The molecule has 2 aliphatic rings. The summed E-state index contributed by atoms with van der Waals surface area (Å²) in [5.41, 5.74) is 6.37. The second-order valence-corrected chi connectivity index (χ2v) is 9.91. The van der Waals surface area contributed by atoms with Crippen LogP contribution in [-0.4, -0.2) is 75.3 Å². The van der Waals surface area contributed by atoms with Crippen LogP contribution in [0.2, 0.25) is 0 Å². The maximum absolute atomic E-state index is 13.0. The number of nitrogen functional groups attached to an aromatic ring is 1. The number of anilines is 1. The fraction of sp³-hybridized carbons (Fsp3) is 0.684. The van der Waals surface area contributed by atoms with Crippen LogP contribution in [0.3, 0.4) is 0 Å². The Morgan fingerprint density at radius 2 is 2.15 bits per heavy atom. The molecule has 188 valence electrons. The molecule has 4 rings (SSSR count). The number of aromatic nitrogens is 4. The van der Waals surface area contributed by atoms with Crippen molar-refractivity contribution in [2.24, 2.45) is 5.92 Å². The maximum atomic E-state index is 13.0. The van der Waals surface area contributed by atoms with Gasteiger partial charge in [0.25, 0.3) is 0 Å². The quantitative estimate of drug-likeness (QED) is 0.389. The molecule has 6 atom stereocenters. The van der Waals surface area contributed by atoms with Gasteiger partial charge in [-0.15, -0.1) is 0 Å². The Morgan fingerprint density at radius 1 is 1.38 bits per heavy atom. The summed E-state index contributed by atoms with van der Waals surface area (Å²) in [7, 11) is -2.57. The second-order valence-electron chi connectivity index (χ2n) is 8.29. The number of hydrogen-bond donors (Lipinski definition) is 2. The summed E-state index contributed by atoms with van der Waals surface area (Å²) >= 11 is 0. The summed E-state index contributed by atoms with van der Waals surface area (Å²) in [6.07, 6.45) is -2.51. The molecular weight excluding hydrogens is 473 g/mol. The average molecular weight is 501 g/mol. The standard InChI is InChI=1S/C19H28N5O9P/c1-9(2)31-18(26)10(3)5-6-29-34(27)30-7-11-14(33-34)13(25)17(32-11)24-8-21-12-15(24)22-19(20)23-16(12)28-4/h8-11,13-14,17,25H,5-7H2,1-4H3,(H2,20,22,23)/t10-,11-,13+,14-,17-,34+/m1/s1. The molecule has 2 aliphatic heterocycles. The number of aliphatic hydroxyl groups is 1. The molecule has 14 nitrogen and oxygen atoms in total. The number of carbonyl (C=O) groups is 1. The average Bonchev–Trinajstić information content (AvgIpc) is 3.33. The van der Waals surface area contributed by atoms with Gasteiger partial charge < -0.3 is 25.1 Å². The highest BCUT2D eigenvalue weighted by Crippen LogP contribution is 2.56. The number of nitrogens with two attached hydrogens (primary N) is 1. The van der Waals surface area contributed by atoms with Crippen LogP contribution in [-0.2, 0) is 32.4 Å². The lowest BCUT2D eigenvalue weighted by atomic mass is 10.1. The number of phosphoric acid groups is 1.